The zero-order valence-electron chi connectivity index (χ0n) is 14.0. The fourth-order valence-corrected chi connectivity index (χ4v) is 4.13. The highest BCUT2D eigenvalue weighted by atomic mass is 16.5. The van der Waals surface area contributed by atoms with E-state index >= 15 is 0 Å². The Labute approximate surface area is 139 Å². The predicted molar refractivity (Wildman–Crippen MR) is 92.3 cm³/mol. The summed E-state index contributed by atoms with van der Waals surface area (Å²) in [7, 11) is 0. The molecule has 0 spiro atoms. The molecule has 2 atom stereocenters. The van der Waals surface area contributed by atoms with Crippen molar-refractivity contribution in [1.82, 2.24) is 4.90 Å². The monoisotopic (exact) mass is 313 g/mol. The van der Waals surface area contributed by atoms with Crippen LogP contribution in [0, 0.1) is 0 Å². The van der Waals surface area contributed by atoms with Gasteiger partial charge < -0.3 is 4.74 Å². The first-order valence-corrected chi connectivity index (χ1v) is 8.92. The number of esters is 1. The summed E-state index contributed by atoms with van der Waals surface area (Å²) in [5, 5.41) is 0. The Morgan fingerprint density at radius 3 is 2.65 bits per heavy atom. The molecule has 1 fully saturated rings. The van der Waals surface area contributed by atoms with Gasteiger partial charge >= 0.3 is 5.97 Å². The maximum atomic E-state index is 13.1. The van der Waals surface area contributed by atoms with Crippen LogP contribution in [0.4, 0.5) is 0 Å². The second-order valence-corrected chi connectivity index (χ2v) is 6.57. The van der Waals surface area contributed by atoms with E-state index in [9.17, 15) is 4.79 Å². The van der Waals surface area contributed by atoms with Crippen LogP contribution in [0.2, 0.25) is 0 Å². The van der Waals surface area contributed by atoms with Crippen LogP contribution in [0.1, 0.15) is 44.6 Å². The summed E-state index contributed by atoms with van der Waals surface area (Å²) in [4.78, 5) is 15.6. The van der Waals surface area contributed by atoms with Gasteiger partial charge in [-0.25, -0.2) is 0 Å². The first-order valence-electron chi connectivity index (χ1n) is 8.92. The molecule has 1 heterocycles. The first kappa shape index (κ1) is 16.3. The van der Waals surface area contributed by atoms with Gasteiger partial charge in [0.05, 0.1) is 6.61 Å². The van der Waals surface area contributed by atoms with Crippen LogP contribution in [0.3, 0.4) is 0 Å². The third-order valence-corrected chi connectivity index (χ3v) is 5.24. The van der Waals surface area contributed by atoms with Crippen LogP contribution >= 0.6 is 0 Å². The molecule has 1 aliphatic carbocycles. The number of piperidine rings is 1. The predicted octanol–water partition coefficient (Wildman–Crippen LogP) is 3.69. The minimum Gasteiger partial charge on any atom is -0.465 e. The lowest BCUT2D eigenvalue weighted by molar-refractivity contribution is -0.153. The Bertz CT molecular complexity index is 548. The summed E-state index contributed by atoms with van der Waals surface area (Å²) in [6, 6.07) is 10.4. The van der Waals surface area contributed by atoms with Crippen molar-refractivity contribution in [2.24, 2.45) is 0 Å². The molecular formula is C20H27NO2. The third kappa shape index (κ3) is 3.07. The van der Waals surface area contributed by atoms with Crippen LogP contribution < -0.4 is 0 Å². The molecular weight excluding hydrogens is 286 g/mol. The average molecular weight is 313 g/mol. The topological polar surface area (TPSA) is 29.5 Å². The molecule has 0 saturated carbocycles. The molecule has 2 aliphatic rings. The van der Waals surface area contributed by atoms with Crippen molar-refractivity contribution in [1.29, 1.82) is 0 Å². The van der Waals surface area contributed by atoms with Gasteiger partial charge in [-0.1, -0.05) is 48.9 Å². The fourth-order valence-electron chi connectivity index (χ4n) is 4.13. The molecule has 0 unspecified atom stereocenters. The zero-order valence-corrected chi connectivity index (χ0v) is 14.0. The Balaban J connectivity index is 2.04. The summed E-state index contributed by atoms with van der Waals surface area (Å²) in [5.41, 5.74) is 0.530. The molecule has 1 aliphatic heterocycles. The van der Waals surface area contributed by atoms with Crippen molar-refractivity contribution in [3.05, 3.63) is 48.0 Å². The van der Waals surface area contributed by atoms with Gasteiger partial charge in [0.25, 0.3) is 0 Å². The van der Waals surface area contributed by atoms with Crippen molar-refractivity contribution >= 4 is 5.97 Å². The summed E-state index contributed by atoms with van der Waals surface area (Å²) < 4.78 is 5.56. The summed E-state index contributed by atoms with van der Waals surface area (Å²) in [6.45, 7) is 4.47. The molecule has 0 bridgehead atoms. The van der Waals surface area contributed by atoms with Gasteiger partial charge in [0.1, 0.15) is 5.41 Å². The highest BCUT2D eigenvalue weighted by Gasteiger charge is 2.50. The van der Waals surface area contributed by atoms with Gasteiger partial charge in [0, 0.05) is 6.04 Å². The van der Waals surface area contributed by atoms with Crippen LogP contribution in [0.15, 0.2) is 42.5 Å². The Morgan fingerprint density at radius 1 is 1.22 bits per heavy atom. The fraction of sp³-hybridized carbons (Fsp3) is 0.550. The lowest BCUT2D eigenvalue weighted by atomic mass is 9.67. The number of likely N-dealkylation sites (tertiary alicyclic amines) is 1. The maximum Gasteiger partial charge on any atom is 0.318 e. The van der Waals surface area contributed by atoms with Gasteiger partial charge in [0.2, 0.25) is 0 Å². The van der Waals surface area contributed by atoms with Gasteiger partial charge in [-0.3, -0.25) is 9.69 Å². The first-order chi connectivity index (χ1) is 11.3. The lowest BCUT2D eigenvalue weighted by Crippen LogP contribution is -2.57. The highest BCUT2D eigenvalue weighted by Crippen LogP contribution is 2.41. The van der Waals surface area contributed by atoms with E-state index in [0.29, 0.717) is 6.61 Å². The van der Waals surface area contributed by atoms with Crippen molar-refractivity contribution in [2.75, 3.05) is 19.7 Å². The smallest absolute Gasteiger partial charge is 0.318 e. The number of benzene rings is 1. The normalized spacial score (nSPS) is 28.5. The number of hydrogen-bond donors (Lipinski definition) is 0. The van der Waals surface area contributed by atoms with E-state index in [2.05, 4.69) is 29.2 Å². The largest absolute Gasteiger partial charge is 0.465 e. The minimum absolute atomic E-state index is 0.0638. The summed E-state index contributed by atoms with van der Waals surface area (Å²) in [5.74, 6) is -0.0638. The number of allylic oxidation sites excluding steroid dienone is 1. The molecule has 0 aromatic heterocycles. The summed E-state index contributed by atoms with van der Waals surface area (Å²) in [6.07, 6.45) is 9.98. The Kier molecular flexibility index (Phi) is 5.16. The van der Waals surface area contributed by atoms with E-state index in [4.69, 9.17) is 4.74 Å². The van der Waals surface area contributed by atoms with Crippen LogP contribution in [-0.4, -0.2) is 36.6 Å². The molecule has 0 radical (unpaired) electrons. The van der Waals surface area contributed by atoms with Gasteiger partial charge in [-0.05, 0) is 51.3 Å². The van der Waals surface area contributed by atoms with Crippen molar-refractivity contribution in [2.45, 2.75) is 50.5 Å². The molecule has 3 rings (SSSR count). The molecule has 0 N–H and O–H groups in total. The number of nitrogens with zero attached hydrogens (tertiary/aromatic N) is 1. The molecule has 3 heteroatoms. The Hall–Kier alpha value is -1.61. The van der Waals surface area contributed by atoms with Gasteiger partial charge in [-0.2, -0.15) is 0 Å². The van der Waals surface area contributed by atoms with Crippen molar-refractivity contribution in [3.8, 4) is 0 Å². The number of rotatable bonds is 4. The molecule has 1 saturated heterocycles. The summed E-state index contributed by atoms with van der Waals surface area (Å²) >= 11 is 0. The van der Waals surface area contributed by atoms with Gasteiger partial charge in [0.15, 0.2) is 0 Å². The number of carbonyl (C=O) groups is 1. The quantitative estimate of drug-likeness (QED) is 0.627. The van der Waals surface area contributed by atoms with Crippen molar-refractivity contribution < 1.29 is 9.53 Å². The van der Waals surface area contributed by atoms with Gasteiger partial charge in [-0.15, -0.1) is 0 Å². The van der Waals surface area contributed by atoms with E-state index in [1.54, 1.807) is 0 Å². The van der Waals surface area contributed by atoms with E-state index in [1.165, 1.54) is 19.3 Å². The van der Waals surface area contributed by atoms with Crippen molar-refractivity contribution in [3.63, 3.8) is 0 Å². The molecule has 1 aromatic rings. The highest BCUT2D eigenvalue weighted by molar-refractivity contribution is 5.85. The SMILES string of the molecule is CCOC(=O)[C@]1(c2ccccc2)CCC=C[C@@H]1N1CCCCC1. The lowest BCUT2D eigenvalue weighted by Gasteiger charge is -2.46. The molecule has 0 amide bonds. The van der Waals surface area contributed by atoms with E-state index in [-0.39, 0.29) is 12.0 Å². The minimum atomic E-state index is -0.566. The second-order valence-electron chi connectivity index (χ2n) is 6.57. The van der Waals surface area contributed by atoms with E-state index in [0.717, 1.165) is 31.5 Å². The van der Waals surface area contributed by atoms with E-state index < -0.39 is 5.41 Å². The van der Waals surface area contributed by atoms with Crippen LogP contribution in [-0.2, 0) is 14.9 Å². The maximum absolute atomic E-state index is 13.1. The van der Waals surface area contributed by atoms with E-state index in [1.807, 2.05) is 25.1 Å². The number of ether oxygens (including phenoxy) is 1. The second kappa shape index (κ2) is 7.31. The third-order valence-electron chi connectivity index (χ3n) is 5.24. The average Bonchev–Trinajstić information content (AvgIpc) is 2.63. The molecule has 3 nitrogen and oxygen atoms in total. The zero-order chi connectivity index (χ0) is 16.1. The standard InChI is InChI=1S/C20H27NO2/c1-2-23-19(22)20(17-11-5-3-6-12-17)14-8-7-13-18(20)21-15-9-4-10-16-21/h3,5-7,11-13,18H,2,4,8-10,14-16H2,1H3/t18-,20-/m0/s1. The molecule has 23 heavy (non-hydrogen) atoms. The molecule has 1 aromatic carbocycles. The number of carbonyl (C=O) groups excluding carboxylic acids is 1. The van der Waals surface area contributed by atoms with Crippen LogP contribution in [0.25, 0.3) is 0 Å². The van der Waals surface area contributed by atoms with Crippen LogP contribution in [0.5, 0.6) is 0 Å². The molecule has 124 valence electrons. The Morgan fingerprint density at radius 2 is 1.96 bits per heavy atom. The number of hydrogen-bond acceptors (Lipinski definition) is 3.